The lowest BCUT2D eigenvalue weighted by atomic mass is 9.97. The number of nitrogens with zero attached hydrogens (tertiary/aromatic N) is 3. The van der Waals surface area contributed by atoms with Crippen molar-refractivity contribution in [1.82, 2.24) is 15.3 Å². The van der Waals surface area contributed by atoms with E-state index in [0.29, 0.717) is 18.1 Å². The van der Waals surface area contributed by atoms with Gasteiger partial charge in [0.05, 0.1) is 5.92 Å². The number of rotatable bonds is 4. The van der Waals surface area contributed by atoms with Crippen molar-refractivity contribution in [3.63, 3.8) is 0 Å². The Kier molecular flexibility index (Phi) is 5.04. The molecule has 1 N–H and O–H groups in total. The quantitative estimate of drug-likeness (QED) is 0.739. The number of hydrogen-bond donors (Lipinski definition) is 1. The first-order valence-electron chi connectivity index (χ1n) is 8.68. The van der Waals surface area contributed by atoms with Gasteiger partial charge in [-0.05, 0) is 42.7 Å². The van der Waals surface area contributed by atoms with Gasteiger partial charge in [-0.1, -0.05) is 35.1 Å². The molecule has 26 heavy (non-hydrogen) atoms. The van der Waals surface area contributed by atoms with E-state index in [1.807, 2.05) is 36.4 Å². The summed E-state index contributed by atoms with van der Waals surface area (Å²) in [7, 11) is 0. The number of fused-ring (bicyclic) bond motifs is 1. The van der Waals surface area contributed by atoms with Crippen LogP contribution in [-0.2, 0) is 11.3 Å². The Bertz CT molecular complexity index is 878. The smallest absolute Gasteiger partial charge is 0.225 e. The van der Waals surface area contributed by atoms with Gasteiger partial charge >= 0.3 is 0 Å². The maximum Gasteiger partial charge on any atom is 0.225 e. The van der Waals surface area contributed by atoms with E-state index in [-0.39, 0.29) is 11.8 Å². The average molecular weight is 387 g/mol. The molecule has 1 aromatic carbocycles. The van der Waals surface area contributed by atoms with E-state index in [4.69, 9.17) is 11.6 Å². The monoisotopic (exact) mass is 386 g/mol. The molecule has 7 heteroatoms. The minimum absolute atomic E-state index is 0.0176. The van der Waals surface area contributed by atoms with E-state index in [9.17, 15) is 4.79 Å². The molecular formula is C19H19ClN4OS. The van der Waals surface area contributed by atoms with Crippen LogP contribution < -0.4 is 10.2 Å². The van der Waals surface area contributed by atoms with Crippen LogP contribution in [0.4, 0.5) is 5.13 Å². The topological polar surface area (TPSA) is 58.1 Å². The molecule has 1 aliphatic heterocycles. The first kappa shape index (κ1) is 17.2. The first-order chi connectivity index (χ1) is 12.7. The molecule has 0 aliphatic carbocycles. The van der Waals surface area contributed by atoms with Crippen LogP contribution in [0, 0.1) is 5.92 Å². The summed E-state index contributed by atoms with van der Waals surface area (Å²) in [4.78, 5) is 24.8. The molecule has 1 saturated heterocycles. The van der Waals surface area contributed by atoms with Gasteiger partial charge in [0.1, 0.15) is 10.3 Å². The highest BCUT2D eigenvalue weighted by Gasteiger charge is 2.27. The van der Waals surface area contributed by atoms with Gasteiger partial charge in [-0.15, -0.1) is 0 Å². The number of carbonyl (C=O) groups is 1. The zero-order valence-electron chi connectivity index (χ0n) is 14.2. The molecule has 2 aromatic heterocycles. The lowest BCUT2D eigenvalue weighted by Crippen LogP contribution is -2.42. The highest BCUT2D eigenvalue weighted by atomic mass is 35.5. The molecular weight excluding hydrogens is 368 g/mol. The molecule has 3 heterocycles. The van der Waals surface area contributed by atoms with E-state index < -0.39 is 0 Å². The summed E-state index contributed by atoms with van der Waals surface area (Å²) in [5.41, 5.74) is 1.97. The highest BCUT2D eigenvalue weighted by Crippen LogP contribution is 2.30. The van der Waals surface area contributed by atoms with Crippen molar-refractivity contribution in [2.45, 2.75) is 19.4 Å². The molecule has 134 valence electrons. The standard InChI is InChI=1S/C19H19ClN4OS/c20-15-7-5-13(6-8-15)11-22-17(25)14-3-2-10-24(12-14)19-23-16-4-1-9-21-18(16)26-19/h1,4-9,14H,2-3,10-12H2,(H,22,25). The number of nitrogens with one attached hydrogen (secondary N) is 1. The van der Waals surface area contributed by atoms with Crippen LogP contribution in [0.3, 0.4) is 0 Å². The third-order valence-corrected chi connectivity index (χ3v) is 5.89. The number of halogens is 1. The number of pyridine rings is 1. The fraction of sp³-hybridized carbons (Fsp3) is 0.316. The van der Waals surface area contributed by atoms with Gasteiger partial charge < -0.3 is 10.2 Å². The van der Waals surface area contributed by atoms with Crippen molar-refractivity contribution >= 4 is 44.3 Å². The Balaban J connectivity index is 1.39. The van der Waals surface area contributed by atoms with E-state index in [0.717, 1.165) is 40.4 Å². The van der Waals surface area contributed by atoms with Crippen LogP contribution in [-0.4, -0.2) is 29.0 Å². The first-order valence-corrected chi connectivity index (χ1v) is 9.87. The molecule has 1 fully saturated rings. The normalized spacial score (nSPS) is 17.4. The summed E-state index contributed by atoms with van der Waals surface area (Å²) < 4.78 is 0. The highest BCUT2D eigenvalue weighted by molar-refractivity contribution is 7.21. The van der Waals surface area contributed by atoms with Crippen molar-refractivity contribution in [2.24, 2.45) is 5.92 Å². The zero-order valence-corrected chi connectivity index (χ0v) is 15.8. The van der Waals surface area contributed by atoms with Crippen LogP contribution in [0.2, 0.25) is 5.02 Å². The Morgan fingerprint density at radius 3 is 2.96 bits per heavy atom. The van der Waals surface area contributed by atoms with Crippen LogP contribution in [0.1, 0.15) is 18.4 Å². The van der Waals surface area contributed by atoms with Gasteiger partial charge in [-0.2, -0.15) is 0 Å². The molecule has 0 saturated carbocycles. The Hall–Kier alpha value is -2.18. The number of thiazole rings is 1. The molecule has 3 aromatic rings. The van der Waals surface area contributed by atoms with Gasteiger partial charge in [0.2, 0.25) is 5.91 Å². The number of anilines is 1. The number of aromatic nitrogens is 2. The van der Waals surface area contributed by atoms with E-state index in [2.05, 4.69) is 20.2 Å². The maximum absolute atomic E-state index is 12.6. The summed E-state index contributed by atoms with van der Waals surface area (Å²) in [6.07, 6.45) is 3.68. The van der Waals surface area contributed by atoms with E-state index >= 15 is 0 Å². The van der Waals surface area contributed by atoms with Crippen LogP contribution in [0.15, 0.2) is 42.6 Å². The third kappa shape index (κ3) is 3.81. The molecule has 0 bridgehead atoms. The second-order valence-corrected chi connectivity index (χ2v) is 7.85. The van der Waals surface area contributed by atoms with Gasteiger partial charge in [0, 0.05) is 30.9 Å². The fourth-order valence-electron chi connectivity index (χ4n) is 3.19. The second kappa shape index (κ2) is 7.60. The maximum atomic E-state index is 12.6. The molecule has 1 amide bonds. The predicted molar refractivity (Wildman–Crippen MR) is 106 cm³/mol. The van der Waals surface area contributed by atoms with Gasteiger partial charge in [-0.25, -0.2) is 9.97 Å². The fourth-order valence-corrected chi connectivity index (χ4v) is 4.26. The van der Waals surface area contributed by atoms with Crippen molar-refractivity contribution in [3.05, 3.63) is 53.2 Å². The van der Waals surface area contributed by atoms with Gasteiger partial charge in [0.15, 0.2) is 5.13 Å². The van der Waals surface area contributed by atoms with E-state index in [1.54, 1.807) is 17.5 Å². The molecule has 1 aliphatic rings. The lowest BCUT2D eigenvalue weighted by molar-refractivity contribution is -0.125. The molecule has 4 rings (SSSR count). The molecule has 0 spiro atoms. The Morgan fingerprint density at radius 2 is 2.15 bits per heavy atom. The van der Waals surface area contributed by atoms with Crippen molar-refractivity contribution in [3.8, 4) is 0 Å². The lowest BCUT2D eigenvalue weighted by Gasteiger charge is -2.31. The summed E-state index contributed by atoms with van der Waals surface area (Å²) in [6.45, 7) is 2.16. The molecule has 0 radical (unpaired) electrons. The van der Waals surface area contributed by atoms with Gasteiger partial charge in [0.25, 0.3) is 0 Å². The predicted octanol–water partition coefficient (Wildman–Crippen LogP) is 3.88. The van der Waals surface area contributed by atoms with Crippen LogP contribution >= 0.6 is 22.9 Å². The number of benzene rings is 1. The molecule has 5 nitrogen and oxygen atoms in total. The number of piperidine rings is 1. The zero-order chi connectivity index (χ0) is 17.9. The number of hydrogen-bond acceptors (Lipinski definition) is 5. The summed E-state index contributed by atoms with van der Waals surface area (Å²) in [6, 6.07) is 11.4. The van der Waals surface area contributed by atoms with Crippen LogP contribution in [0.5, 0.6) is 0 Å². The Morgan fingerprint density at radius 1 is 1.31 bits per heavy atom. The van der Waals surface area contributed by atoms with Crippen molar-refractivity contribution in [1.29, 1.82) is 0 Å². The number of amides is 1. The third-order valence-electron chi connectivity index (χ3n) is 4.60. The SMILES string of the molecule is O=C(NCc1ccc(Cl)cc1)C1CCCN(c2nc3cccnc3s2)C1. The summed E-state index contributed by atoms with van der Waals surface area (Å²) in [5.74, 6) is 0.0832. The second-order valence-electron chi connectivity index (χ2n) is 6.45. The largest absolute Gasteiger partial charge is 0.352 e. The minimum atomic E-state index is -0.0176. The summed E-state index contributed by atoms with van der Waals surface area (Å²) >= 11 is 7.49. The van der Waals surface area contributed by atoms with Crippen molar-refractivity contribution in [2.75, 3.05) is 18.0 Å². The summed E-state index contributed by atoms with van der Waals surface area (Å²) in [5, 5.41) is 4.70. The van der Waals surface area contributed by atoms with Crippen molar-refractivity contribution < 1.29 is 4.79 Å². The minimum Gasteiger partial charge on any atom is -0.352 e. The van der Waals surface area contributed by atoms with E-state index in [1.165, 1.54) is 0 Å². The molecule has 1 atom stereocenters. The van der Waals surface area contributed by atoms with Crippen LogP contribution in [0.25, 0.3) is 10.3 Å². The van der Waals surface area contributed by atoms with Gasteiger partial charge in [-0.3, -0.25) is 4.79 Å². The number of carbonyl (C=O) groups excluding carboxylic acids is 1. The molecule has 1 unspecified atom stereocenters. The average Bonchev–Trinajstić information content (AvgIpc) is 3.12. The Labute approximate surface area is 161 Å².